The summed E-state index contributed by atoms with van der Waals surface area (Å²) in [6, 6.07) is 21.1. The lowest BCUT2D eigenvalue weighted by atomic mass is 9.87. The maximum atomic E-state index is 12.7. The number of ether oxygens (including phenoxy) is 1. The van der Waals surface area contributed by atoms with Gasteiger partial charge in [-0.15, -0.1) is 0 Å². The summed E-state index contributed by atoms with van der Waals surface area (Å²) < 4.78 is 6.03. The molecule has 0 spiro atoms. The molecular formula is C29H29ClN2O2. The first-order chi connectivity index (χ1) is 16.1. The van der Waals surface area contributed by atoms with Crippen LogP contribution in [-0.4, -0.2) is 5.91 Å². The van der Waals surface area contributed by atoms with Crippen LogP contribution in [0.1, 0.15) is 48.6 Å². The lowest BCUT2D eigenvalue weighted by Crippen LogP contribution is -2.14. The number of halogens is 1. The van der Waals surface area contributed by atoms with E-state index in [2.05, 4.69) is 26.1 Å². The lowest BCUT2D eigenvalue weighted by Gasteiger charge is -2.19. The second-order valence-electron chi connectivity index (χ2n) is 9.35. The topological polar surface area (TPSA) is 62.1 Å². The lowest BCUT2D eigenvalue weighted by molar-refractivity contribution is -0.112. The number of aryl methyl sites for hydroxylation is 2. The van der Waals surface area contributed by atoms with Gasteiger partial charge in [-0.25, -0.2) is 0 Å². The average Bonchev–Trinajstić information content (AvgIpc) is 2.77. The van der Waals surface area contributed by atoms with E-state index in [1.54, 1.807) is 6.08 Å². The van der Waals surface area contributed by atoms with Crippen LogP contribution >= 0.6 is 11.6 Å². The normalized spacial score (nSPS) is 11.6. The number of hydrogen-bond acceptors (Lipinski definition) is 3. The van der Waals surface area contributed by atoms with E-state index in [1.807, 2.05) is 80.6 Å². The summed E-state index contributed by atoms with van der Waals surface area (Å²) in [4.78, 5) is 12.7. The molecular weight excluding hydrogens is 444 g/mol. The number of carbonyl (C=O) groups excluding carboxylic acids is 1. The summed E-state index contributed by atoms with van der Waals surface area (Å²) >= 11 is 5.94. The SMILES string of the molecule is Cc1cc(/C=C(\C#N)C(=O)Nc2ccc(C(C)(C)C)cc2)cc(C)c1OCc1ccc(Cl)cc1. The molecule has 1 amide bonds. The minimum Gasteiger partial charge on any atom is -0.488 e. The van der Waals surface area contributed by atoms with Crippen molar-refractivity contribution in [3.8, 4) is 11.8 Å². The highest BCUT2D eigenvalue weighted by atomic mass is 35.5. The molecule has 0 fully saturated rings. The van der Waals surface area contributed by atoms with E-state index < -0.39 is 5.91 Å². The highest BCUT2D eigenvalue weighted by Crippen LogP contribution is 2.28. The van der Waals surface area contributed by atoms with Crippen molar-refractivity contribution in [2.24, 2.45) is 0 Å². The Morgan fingerprint density at radius 1 is 1.03 bits per heavy atom. The Balaban J connectivity index is 1.74. The Kier molecular flexibility index (Phi) is 7.81. The number of amides is 1. The third kappa shape index (κ3) is 6.50. The van der Waals surface area contributed by atoms with Crippen LogP contribution in [0, 0.1) is 25.2 Å². The molecule has 0 aliphatic rings. The molecule has 3 aromatic carbocycles. The molecule has 0 unspecified atom stereocenters. The molecule has 0 atom stereocenters. The number of nitrogens with zero attached hydrogens (tertiary/aromatic N) is 1. The molecule has 174 valence electrons. The number of nitrogens with one attached hydrogen (secondary N) is 1. The first-order valence-corrected chi connectivity index (χ1v) is 11.5. The fourth-order valence-electron chi connectivity index (χ4n) is 3.60. The second-order valence-corrected chi connectivity index (χ2v) is 9.79. The van der Waals surface area contributed by atoms with Crippen molar-refractivity contribution in [2.75, 3.05) is 5.32 Å². The standard InChI is InChI=1S/C29H29ClN2O2/c1-19-14-22(15-20(2)27(19)34-18-21-6-10-25(30)11-7-21)16-23(17-31)28(33)32-26-12-8-24(9-13-26)29(3,4)5/h6-16H,18H2,1-5H3,(H,32,33)/b23-16+. The number of carbonyl (C=O) groups is 1. The highest BCUT2D eigenvalue weighted by Gasteiger charge is 2.15. The van der Waals surface area contributed by atoms with Gasteiger partial charge in [0.15, 0.2) is 0 Å². The van der Waals surface area contributed by atoms with Gasteiger partial charge in [0, 0.05) is 10.7 Å². The van der Waals surface area contributed by atoms with Gasteiger partial charge in [-0.2, -0.15) is 5.26 Å². The Bertz CT molecular complexity index is 1220. The van der Waals surface area contributed by atoms with Crippen molar-refractivity contribution in [1.82, 2.24) is 0 Å². The smallest absolute Gasteiger partial charge is 0.266 e. The van der Waals surface area contributed by atoms with E-state index >= 15 is 0 Å². The molecule has 4 nitrogen and oxygen atoms in total. The minimum absolute atomic E-state index is 0.0284. The molecule has 0 radical (unpaired) electrons. The molecule has 1 N–H and O–H groups in total. The van der Waals surface area contributed by atoms with Crippen molar-refractivity contribution in [3.05, 3.63) is 99.1 Å². The zero-order chi connectivity index (χ0) is 24.9. The van der Waals surface area contributed by atoms with Crippen LogP contribution < -0.4 is 10.1 Å². The number of anilines is 1. The van der Waals surface area contributed by atoms with E-state index in [0.29, 0.717) is 17.3 Å². The largest absolute Gasteiger partial charge is 0.488 e. The first kappa shape index (κ1) is 25.1. The average molecular weight is 473 g/mol. The number of nitriles is 1. The predicted octanol–water partition coefficient (Wildman–Crippen LogP) is 7.38. The minimum atomic E-state index is -0.440. The van der Waals surface area contributed by atoms with Crippen LogP contribution in [-0.2, 0) is 16.8 Å². The third-order valence-electron chi connectivity index (χ3n) is 5.46. The van der Waals surface area contributed by atoms with Crippen LogP contribution in [0.4, 0.5) is 5.69 Å². The number of benzene rings is 3. The van der Waals surface area contributed by atoms with Gasteiger partial charge in [0.1, 0.15) is 24.0 Å². The van der Waals surface area contributed by atoms with Crippen LogP contribution in [0.25, 0.3) is 6.08 Å². The number of rotatable bonds is 6. The Morgan fingerprint density at radius 2 is 1.62 bits per heavy atom. The zero-order valence-electron chi connectivity index (χ0n) is 20.2. The quantitative estimate of drug-likeness (QED) is 0.300. The van der Waals surface area contributed by atoms with E-state index in [1.165, 1.54) is 5.56 Å². The second kappa shape index (κ2) is 10.6. The monoisotopic (exact) mass is 472 g/mol. The van der Waals surface area contributed by atoms with Gasteiger partial charge in [0.05, 0.1) is 0 Å². The van der Waals surface area contributed by atoms with Crippen molar-refractivity contribution in [1.29, 1.82) is 5.26 Å². The van der Waals surface area contributed by atoms with E-state index in [0.717, 1.165) is 28.0 Å². The van der Waals surface area contributed by atoms with Crippen LogP contribution in [0.3, 0.4) is 0 Å². The van der Waals surface area contributed by atoms with Gasteiger partial charge in [-0.05, 0) is 89.6 Å². The van der Waals surface area contributed by atoms with Crippen molar-refractivity contribution in [2.45, 2.75) is 46.6 Å². The van der Waals surface area contributed by atoms with Gasteiger partial charge in [-0.1, -0.05) is 56.6 Å². The highest BCUT2D eigenvalue weighted by molar-refractivity contribution is 6.30. The molecule has 3 aromatic rings. The maximum absolute atomic E-state index is 12.7. The molecule has 0 saturated heterocycles. The maximum Gasteiger partial charge on any atom is 0.266 e. The van der Waals surface area contributed by atoms with Crippen LogP contribution in [0.5, 0.6) is 5.75 Å². The first-order valence-electron chi connectivity index (χ1n) is 11.1. The molecule has 34 heavy (non-hydrogen) atoms. The van der Waals surface area contributed by atoms with Gasteiger partial charge in [-0.3, -0.25) is 4.79 Å². The van der Waals surface area contributed by atoms with E-state index in [4.69, 9.17) is 16.3 Å². The Labute approximate surface area is 206 Å². The number of hydrogen-bond donors (Lipinski definition) is 1. The van der Waals surface area contributed by atoms with E-state index in [9.17, 15) is 10.1 Å². The fraction of sp³-hybridized carbons (Fsp3) is 0.241. The summed E-state index contributed by atoms with van der Waals surface area (Å²) in [7, 11) is 0. The van der Waals surface area contributed by atoms with Gasteiger partial charge < -0.3 is 10.1 Å². The van der Waals surface area contributed by atoms with Crippen molar-refractivity contribution in [3.63, 3.8) is 0 Å². The van der Waals surface area contributed by atoms with Gasteiger partial charge in [0.2, 0.25) is 0 Å². The molecule has 0 saturated carbocycles. The molecule has 0 aliphatic carbocycles. The fourth-order valence-corrected chi connectivity index (χ4v) is 3.72. The van der Waals surface area contributed by atoms with E-state index in [-0.39, 0.29) is 11.0 Å². The third-order valence-corrected chi connectivity index (χ3v) is 5.72. The molecule has 0 heterocycles. The molecule has 5 heteroatoms. The van der Waals surface area contributed by atoms with Crippen molar-refractivity contribution >= 4 is 29.3 Å². The summed E-state index contributed by atoms with van der Waals surface area (Å²) in [6.45, 7) is 10.7. The van der Waals surface area contributed by atoms with Crippen molar-refractivity contribution < 1.29 is 9.53 Å². The van der Waals surface area contributed by atoms with Gasteiger partial charge in [0.25, 0.3) is 5.91 Å². The Hall–Kier alpha value is -3.55. The molecule has 0 bridgehead atoms. The zero-order valence-corrected chi connectivity index (χ0v) is 21.0. The predicted molar refractivity (Wildman–Crippen MR) is 139 cm³/mol. The Morgan fingerprint density at radius 3 is 2.15 bits per heavy atom. The van der Waals surface area contributed by atoms with Gasteiger partial charge >= 0.3 is 0 Å². The molecule has 0 aromatic heterocycles. The van der Waals surface area contributed by atoms with Crippen LogP contribution in [0.2, 0.25) is 5.02 Å². The summed E-state index contributed by atoms with van der Waals surface area (Å²) in [5.74, 6) is 0.346. The summed E-state index contributed by atoms with van der Waals surface area (Å²) in [5, 5.41) is 13.1. The summed E-state index contributed by atoms with van der Waals surface area (Å²) in [6.07, 6.45) is 1.60. The summed E-state index contributed by atoms with van der Waals surface area (Å²) in [5.41, 5.74) is 5.53. The molecule has 0 aliphatic heterocycles. The molecule has 3 rings (SSSR count). The van der Waals surface area contributed by atoms with Crippen LogP contribution in [0.15, 0.2) is 66.2 Å².